The Morgan fingerprint density at radius 3 is 2.85 bits per heavy atom. The number of aryl methyl sites for hydroxylation is 1. The highest BCUT2D eigenvalue weighted by molar-refractivity contribution is 5.81. The van der Waals surface area contributed by atoms with Crippen LogP contribution in [0, 0.1) is 12.3 Å². The summed E-state index contributed by atoms with van der Waals surface area (Å²) in [5.74, 6) is 1.06. The lowest BCUT2D eigenvalue weighted by Gasteiger charge is -2.36. The van der Waals surface area contributed by atoms with Crippen LogP contribution in [-0.4, -0.2) is 11.0 Å². The summed E-state index contributed by atoms with van der Waals surface area (Å²) >= 11 is 0. The number of fused-ring (bicyclic) bond motifs is 1. The van der Waals surface area contributed by atoms with Gasteiger partial charge in [-0.25, -0.2) is 4.98 Å². The average Bonchev–Trinajstić information content (AvgIpc) is 2.38. The van der Waals surface area contributed by atoms with Gasteiger partial charge in [-0.2, -0.15) is 0 Å². The maximum atomic E-state index is 4.81. The van der Waals surface area contributed by atoms with E-state index in [1.807, 2.05) is 0 Å². The van der Waals surface area contributed by atoms with E-state index >= 15 is 0 Å². The molecule has 1 heterocycles. The highest BCUT2D eigenvalue weighted by Gasteiger charge is 2.28. The molecule has 0 saturated heterocycles. The molecule has 1 fully saturated rings. The summed E-state index contributed by atoms with van der Waals surface area (Å²) in [6.07, 6.45) is 5.16. The SMILES string of the molecule is Cc1cc2ccccc2nc1NC1CCCC(C)(C)C1. The first-order valence-electron chi connectivity index (χ1n) is 7.66. The quantitative estimate of drug-likeness (QED) is 0.836. The molecule has 3 rings (SSSR count). The first-order valence-corrected chi connectivity index (χ1v) is 7.66. The number of hydrogen-bond donors (Lipinski definition) is 1. The lowest BCUT2D eigenvalue weighted by Crippen LogP contribution is -2.32. The summed E-state index contributed by atoms with van der Waals surface area (Å²) in [7, 11) is 0. The van der Waals surface area contributed by atoms with Crippen LogP contribution in [0.3, 0.4) is 0 Å². The highest BCUT2D eigenvalue weighted by atomic mass is 15.0. The van der Waals surface area contributed by atoms with Gasteiger partial charge in [-0.05, 0) is 49.3 Å². The van der Waals surface area contributed by atoms with Crippen LogP contribution in [0.25, 0.3) is 10.9 Å². The molecule has 1 aliphatic rings. The van der Waals surface area contributed by atoms with Gasteiger partial charge in [0.1, 0.15) is 5.82 Å². The maximum absolute atomic E-state index is 4.81. The Kier molecular flexibility index (Phi) is 3.41. The van der Waals surface area contributed by atoms with E-state index < -0.39 is 0 Å². The maximum Gasteiger partial charge on any atom is 0.129 e. The smallest absolute Gasteiger partial charge is 0.129 e. The summed E-state index contributed by atoms with van der Waals surface area (Å²) in [5.41, 5.74) is 2.78. The van der Waals surface area contributed by atoms with E-state index in [1.165, 1.54) is 36.6 Å². The molecule has 1 aromatic carbocycles. The molecule has 1 unspecified atom stereocenters. The third-order valence-electron chi connectivity index (χ3n) is 4.46. The van der Waals surface area contributed by atoms with E-state index in [-0.39, 0.29) is 0 Å². The largest absolute Gasteiger partial charge is 0.367 e. The third-order valence-corrected chi connectivity index (χ3v) is 4.46. The Hall–Kier alpha value is -1.57. The zero-order valence-electron chi connectivity index (χ0n) is 12.7. The summed E-state index contributed by atoms with van der Waals surface area (Å²) in [6.45, 7) is 6.90. The first kappa shape index (κ1) is 13.4. The molecule has 20 heavy (non-hydrogen) atoms. The Morgan fingerprint density at radius 1 is 1.25 bits per heavy atom. The minimum absolute atomic E-state index is 0.459. The van der Waals surface area contributed by atoms with Gasteiger partial charge in [0, 0.05) is 11.4 Å². The van der Waals surface area contributed by atoms with Gasteiger partial charge < -0.3 is 5.32 Å². The standard InChI is InChI=1S/C18H24N2/c1-13-11-14-7-4-5-9-16(14)20-17(13)19-15-8-6-10-18(2,3)12-15/h4-5,7,9,11,15H,6,8,10,12H2,1-3H3,(H,19,20). The van der Waals surface area contributed by atoms with Crippen LogP contribution in [0.15, 0.2) is 30.3 Å². The molecular weight excluding hydrogens is 244 g/mol. The summed E-state index contributed by atoms with van der Waals surface area (Å²) < 4.78 is 0. The van der Waals surface area contributed by atoms with Gasteiger partial charge in [-0.1, -0.05) is 38.5 Å². The van der Waals surface area contributed by atoms with Gasteiger partial charge in [0.2, 0.25) is 0 Å². The van der Waals surface area contributed by atoms with Gasteiger partial charge in [0.25, 0.3) is 0 Å². The van der Waals surface area contributed by atoms with E-state index in [0.717, 1.165) is 11.3 Å². The van der Waals surface area contributed by atoms with E-state index in [2.05, 4.69) is 56.4 Å². The van der Waals surface area contributed by atoms with E-state index in [0.29, 0.717) is 11.5 Å². The molecule has 0 aliphatic heterocycles. The lowest BCUT2D eigenvalue weighted by atomic mass is 9.75. The lowest BCUT2D eigenvalue weighted by molar-refractivity contribution is 0.229. The van der Waals surface area contributed by atoms with Crippen molar-refractivity contribution in [3.8, 4) is 0 Å². The second-order valence-corrected chi connectivity index (χ2v) is 6.95. The third kappa shape index (κ3) is 2.79. The normalized spacial score (nSPS) is 21.9. The number of rotatable bonds is 2. The molecule has 2 nitrogen and oxygen atoms in total. The molecule has 106 valence electrons. The minimum atomic E-state index is 0.459. The van der Waals surface area contributed by atoms with Gasteiger partial charge in [0.15, 0.2) is 0 Å². The Balaban J connectivity index is 1.85. The van der Waals surface area contributed by atoms with E-state index in [9.17, 15) is 0 Å². The van der Waals surface area contributed by atoms with Crippen molar-refractivity contribution in [2.24, 2.45) is 5.41 Å². The van der Waals surface area contributed by atoms with Crippen molar-refractivity contribution in [2.45, 2.75) is 52.5 Å². The molecule has 0 spiro atoms. The van der Waals surface area contributed by atoms with Crippen molar-refractivity contribution in [3.63, 3.8) is 0 Å². The highest BCUT2D eigenvalue weighted by Crippen LogP contribution is 2.36. The predicted molar refractivity (Wildman–Crippen MR) is 86.1 cm³/mol. The molecule has 2 heteroatoms. The van der Waals surface area contributed by atoms with Crippen molar-refractivity contribution < 1.29 is 0 Å². The van der Waals surface area contributed by atoms with E-state index in [4.69, 9.17) is 4.98 Å². The second-order valence-electron chi connectivity index (χ2n) is 6.95. The molecule has 2 aromatic rings. The summed E-state index contributed by atoms with van der Waals surface area (Å²) in [6, 6.07) is 11.1. The van der Waals surface area contributed by atoms with Crippen LogP contribution in [-0.2, 0) is 0 Å². The molecule has 1 aromatic heterocycles. The molecule has 0 bridgehead atoms. The molecule has 1 aliphatic carbocycles. The van der Waals surface area contributed by atoms with Crippen molar-refractivity contribution in [1.82, 2.24) is 4.98 Å². The number of pyridine rings is 1. The predicted octanol–water partition coefficient (Wildman–Crippen LogP) is 4.92. The monoisotopic (exact) mass is 268 g/mol. The van der Waals surface area contributed by atoms with Crippen LogP contribution in [0.4, 0.5) is 5.82 Å². The van der Waals surface area contributed by atoms with Gasteiger partial charge >= 0.3 is 0 Å². The molecule has 1 N–H and O–H groups in total. The fourth-order valence-electron chi connectivity index (χ4n) is 3.38. The molecule has 1 atom stereocenters. The van der Waals surface area contributed by atoms with Crippen molar-refractivity contribution >= 4 is 16.7 Å². The number of hydrogen-bond acceptors (Lipinski definition) is 2. The van der Waals surface area contributed by atoms with Gasteiger partial charge in [-0.3, -0.25) is 0 Å². The number of benzene rings is 1. The Bertz CT molecular complexity index is 616. The zero-order valence-corrected chi connectivity index (χ0v) is 12.7. The Morgan fingerprint density at radius 2 is 2.05 bits per heavy atom. The van der Waals surface area contributed by atoms with Crippen molar-refractivity contribution in [3.05, 3.63) is 35.9 Å². The Labute approximate surface area is 121 Å². The second kappa shape index (κ2) is 5.08. The number of para-hydroxylation sites is 1. The fraction of sp³-hybridized carbons (Fsp3) is 0.500. The molecule has 0 amide bonds. The molecular formula is C18H24N2. The van der Waals surface area contributed by atoms with Crippen LogP contribution in [0.5, 0.6) is 0 Å². The minimum Gasteiger partial charge on any atom is -0.367 e. The summed E-state index contributed by atoms with van der Waals surface area (Å²) in [4.78, 5) is 4.81. The van der Waals surface area contributed by atoms with E-state index in [1.54, 1.807) is 0 Å². The fourth-order valence-corrected chi connectivity index (χ4v) is 3.38. The molecule has 1 saturated carbocycles. The first-order chi connectivity index (χ1) is 9.53. The number of anilines is 1. The number of nitrogens with zero attached hydrogens (tertiary/aromatic N) is 1. The zero-order chi connectivity index (χ0) is 14.2. The van der Waals surface area contributed by atoms with Crippen molar-refractivity contribution in [2.75, 3.05) is 5.32 Å². The average molecular weight is 268 g/mol. The van der Waals surface area contributed by atoms with Crippen LogP contribution >= 0.6 is 0 Å². The van der Waals surface area contributed by atoms with Crippen molar-refractivity contribution in [1.29, 1.82) is 0 Å². The summed E-state index contributed by atoms with van der Waals surface area (Å²) in [5, 5.41) is 4.91. The van der Waals surface area contributed by atoms with Gasteiger partial charge in [-0.15, -0.1) is 0 Å². The molecule has 0 radical (unpaired) electrons. The topological polar surface area (TPSA) is 24.9 Å². The van der Waals surface area contributed by atoms with Crippen LogP contribution < -0.4 is 5.32 Å². The number of nitrogens with one attached hydrogen (secondary N) is 1. The van der Waals surface area contributed by atoms with Gasteiger partial charge in [0.05, 0.1) is 5.52 Å². The number of aromatic nitrogens is 1. The van der Waals surface area contributed by atoms with Crippen LogP contribution in [0.1, 0.15) is 45.1 Å². The van der Waals surface area contributed by atoms with Crippen LogP contribution in [0.2, 0.25) is 0 Å².